The molecule has 0 aliphatic heterocycles. The van der Waals surface area contributed by atoms with E-state index in [-0.39, 0.29) is 0 Å². The molecule has 0 unspecified atom stereocenters. The van der Waals surface area contributed by atoms with Crippen molar-refractivity contribution in [3.63, 3.8) is 0 Å². The normalized spacial score (nSPS) is 11.3. The smallest absolute Gasteiger partial charge is 0.180 e. The second-order valence-electron chi connectivity index (χ2n) is 11.8. The van der Waals surface area contributed by atoms with E-state index in [0.717, 1.165) is 61.0 Å². The maximum Gasteiger partial charge on any atom is 0.180 e. The lowest BCUT2D eigenvalue weighted by Gasteiger charge is -2.11. The number of furan rings is 1. The Hall–Kier alpha value is -6.79. The van der Waals surface area contributed by atoms with Crippen molar-refractivity contribution in [3.05, 3.63) is 164 Å². The number of fused-ring (bicyclic) bond motifs is 3. The minimum atomic E-state index is 0.564. The first-order valence-electron chi connectivity index (χ1n) is 16.1. The highest BCUT2D eigenvalue weighted by atomic mass is 16.3. The van der Waals surface area contributed by atoms with Gasteiger partial charge >= 0.3 is 0 Å². The van der Waals surface area contributed by atoms with Crippen LogP contribution >= 0.6 is 0 Å². The number of aromatic nitrogens is 5. The van der Waals surface area contributed by atoms with Gasteiger partial charge in [0.05, 0.1) is 0 Å². The first kappa shape index (κ1) is 28.4. The Kier molecular flexibility index (Phi) is 7.02. The van der Waals surface area contributed by atoms with Crippen LogP contribution in [0.15, 0.2) is 168 Å². The molecule has 0 aliphatic carbocycles. The van der Waals surface area contributed by atoms with Crippen molar-refractivity contribution in [2.24, 2.45) is 0 Å². The third-order valence-corrected chi connectivity index (χ3v) is 8.67. The van der Waals surface area contributed by atoms with E-state index in [1.807, 2.05) is 91.0 Å². The first-order valence-corrected chi connectivity index (χ1v) is 16.1. The Balaban J connectivity index is 1.18. The van der Waals surface area contributed by atoms with Crippen LogP contribution < -0.4 is 0 Å². The van der Waals surface area contributed by atoms with Gasteiger partial charge in [0.25, 0.3) is 0 Å². The van der Waals surface area contributed by atoms with E-state index < -0.39 is 0 Å². The Morgan fingerprint density at radius 3 is 1.55 bits per heavy atom. The predicted molar refractivity (Wildman–Crippen MR) is 195 cm³/mol. The van der Waals surface area contributed by atoms with Gasteiger partial charge in [-0.3, -0.25) is 0 Å². The average molecular weight is 630 g/mol. The molecule has 0 radical (unpaired) electrons. The van der Waals surface area contributed by atoms with Gasteiger partial charge in [-0.2, -0.15) is 0 Å². The van der Waals surface area contributed by atoms with Gasteiger partial charge in [-0.15, -0.1) is 0 Å². The molecule has 3 heterocycles. The average Bonchev–Trinajstić information content (AvgIpc) is 3.58. The minimum Gasteiger partial charge on any atom is -0.452 e. The highest BCUT2D eigenvalue weighted by Crippen LogP contribution is 2.35. The minimum absolute atomic E-state index is 0.564. The Morgan fingerprint density at radius 1 is 0.367 bits per heavy atom. The quantitative estimate of drug-likeness (QED) is 0.182. The molecule has 0 fully saturated rings. The SMILES string of the molecule is c1ccc(-c2ccc(-c3nc(-c4cccc(-c5ccccc5)c4)nc(-c4cccc(-c5ncnc6c5oc5ccccc56)c4)n3)cc2)cc1. The summed E-state index contributed by atoms with van der Waals surface area (Å²) in [5, 5.41) is 0.958. The van der Waals surface area contributed by atoms with Crippen molar-refractivity contribution in [1.82, 2.24) is 24.9 Å². The second-order valence-corrected chi connectivity index (χ2v) is 11.8. The summed E-state index contributed by atoms with van der Waals surface area (Å²) < 4.78 is 6.26. The molecule has 0 atom stereocenters. The molecule has 0 aliphatic rings. The zero-order valence-electron chi connectivity index (χ0n) is 26.2. The van der Waals surface area contributed by atoms with Crippen molar-refractivity contribution in [3.8, 4) is 67.7 Å². The number of rotatable bonds is 6. The fraction of sp³-hybridized carbons (Fsp3) is 0. The fourth-order valence-electron chi connectivity index (χ4n) is 6.21. The van der Waals surface area contributed by atoms with Crippen LogP contribution in [0.3, 0.4) is 0 Å². The molecule has 0 spiro atoms. The van der Waals surface area contributed by atoms with Crippen LogP contribution in [0, 0.1) is 0 Å². The summed E-state index contributed by atoms with van der Waals surface area (Å²) in [5.41, 5.74) is 11.0. The van der Waals surface area contributed by atoms with E-state index in [0.29, 0.717) is 28.8 Å². The van der Waals surface area contributed by atoms with E-state index in [9.17, 15) is 0 Å². The number of hydrogen-bond acceptors (Lipinski definition) is 6. The van der Waals surface area contributed by atoms with Crippen LogP contribution in [0.5, 0.6) is 0 Å². The van der Waals surface area contributed by atoms with Crippen molar-refractivity contribution in [1.29, 1.82) is 0 Å². The summed E-state index contributed by atoms with van der Waals surface area (Å²) in [6, 6.07) is 53.3. The van der Waals surface area contributed by atoms with Gasteiger partial charge in [-0.25, -0.2) is 24.9 Å². The van der Waals surface area contributed by atoms with Gasteiger partial charge in [-0.1, -0.05) is 133 Å². The third kappa shape index (κ3) is 5.41. The highest BCUT2D eigenvalue weighted by molar-refractivity contribution is 6.06. The van der Waals surface area contributed by atoms with Crippen LogP contribution in [-0.2, 0) is 0 Å². The van der Waals surface area contributed by atoms with Crippen LogP contribution in [0.25, 0.3) is 89.7 Å². The Labute approximate surface area is 282 Å². The van der Waals surface area contributed by atoms with Crippen molar-refractivity contribution < 1.29 is 4.42 Å². The standard InChI is InChI=1S/C43H27N5O/c1-3-11-28(12-4-1)30-21-23-31(24-22-30)41-46-42(34-17-9-15-32(25-34)29-13-5-2-6-14-29)48-43(47-41)35-18-10-16-33(26-35)38-40-39(45-27-44-38)36-19-7-8-20-37(36)49-40/h1-27H. The topological polar surface area (TPSA) is 77.6 Å². The third-order valence-electron chi connectivity index (χ3n) is 8.67. The molecule has 9 rings (SSSR count). The lowest BCUT2D eigenvalue weighted by Crippen LogP contribution is -2.00. The molecule has 9 aromatic rings. The summed E-state index contributed by atoms with van der Waals surface area (Å²) >= 11 is 0. The molecule has 0 saturated heterocycles. The van der Waals surface area contributed by atoms with Gasteiger partial charge in [0.15, 0.2) is 23.1 Å². The van der Waals surface area contributed by atoms with Gasteiger partial charge < -0.3 is 4.42 Å². The van der Waals surface area contributed by atoms with Crippen LogP contribution in [0.1, 0.15) is 0 Å². The lowest BCUT2D eigenvalue weighted by atomic mass is 10.0. The molecule has 6 nitrogen and oxygen atoms in total. The van der Waals surface area contributed by atoms with Gasteiger partial charge in [0, 0.05) is 27.6 Å². The lowest BCUT2D eigenvalue weighted by molar-refractivity contribution is 0.667. The maximum atomic E-state index is 6.26. The van der Waals surface area contributed by atoms with Crippen molar-refractivity contribution >= 4 is 22.1 Å². The Bertz CT molecular complexity index is 2600. The number of benzene rings is 6. The zero-order chi connectivity index (χ0) is 32.6. The van der Waals surface area contributed by atoms with Crippen molar-refractivity contribution in [2.75, 3.05) is 0 Å². The number of hydrogen-bond donors (Lipinski definition) is 0. The summed E-state index contributed by atoms with van der Waals surface area (Å²) in [4.78, 5) is 24.3. The van der Waals surface area contributed by atoms with E-state index in [2.05, 4.69) is 76.7 Å². The van der Waals surface area contributed by atoms with Gasteiger partial charge in [0.1, 0.15) is 23.1 Å². The Morgan fingerprint density at radius 2 is 0.857 bits per heavy atom. The summed E-state index contributed by atoms with van der Waals surface area (Å²) in [7, 11) is 0. The van der Waals surface area contributed by atoms with Crippen LogP contribution in [0.2, 0.25) is 0 Å². The molecule has 0 bridgehead atoms. The zero-order valence-corrected chi connectivity index (χ0v) is 26.2. The van der Waals surface area contributed by atoms with Crippen molar-refractivity contribution in [2.45, 2.75) is 0 Å². The number of nitrogens with zero attached hydrogens (tertiary/aromatic N) is 5. The van der Waals surface area contributed by atoms with E-state index in [1.54, 1.807) is 6.33 Å². The fourth-order valence-corrected chi connectivity index (χ4v) is 6.21. The van der Waals surface area contributed by atoms with E-state index in [1.165, 1.54) is 0 Å². The molecular formula is C43H27N5O. The van der Waals surface area contributed by atoms with Gasteiger partial charge in [0.2, 0.25) is 0 Å². The van der Waals surface area contributed by atoms with Crippen LogP contribution in [-0.4, -0.2) is 24.9 Å². The molecule has 3 aromatic heterocycles. The predicted octanol–water partition coefficient (Wildman–Crippen LogP) is 10.6. The molecule has 6 heteroatoms. The maximum absolute atomic E-state index is 6.26. The van der Waals surface area contributed by atoms with Crippen LogP contribution in [0.4, 0.5) is 0 Å². The second kappa shape index (κ2) is 12.1. The summed E-state index contributed by atoms with van der Waals surface area (Å²) in [5.74, 6) is 1.75. The molecule has 0 amide bonds. The van der Waals surface area contributed by atoms with E-state index >= 15 is 0 Å². The van der Waals surface area contributed by atoms with Gasteiger partial charge in [-0.05, 0) is 46.5 Å². The summed E-state index contributed by atoms with van der Waals surface area (Å²) in [6.07, 6.45) is 1.59. The summed E-state index contributed by atoms with van der Waals surface area (Å²) in [6.45, 7) is 0. The molecule has 230 valence electrons. The molecular weight excluding hydrogens is 603 g/mol. The van der Waals surface area contributed by atoms with E-state index in [4.69, 9.17) is 19.4 Å². The number of para-hydroxylation sites is 1. The molecule has 49 heavy (non-hydrogen) atoms. The molecule has 0 saturated carbocycles. The highest BCUT2D eigenvalue weighted by Gasteiger charge is 2.17. The molecule has 6 aromatic carbocycles. The monoisotopic (exact) mass is 629 g/mol. The molecule has 0 N–H and O–H groups in total. The largest absolute Gasteiger partial charge is 0.452 e. The first-order chi connectivity index (χ1) is 24.3.